The van der Waals surface area contributed by atoms with Crippen LogP contribution in [0.25, 0.3) is 0 Å². The van der Waals surface area contributed by atoms with Gasteiger partial charge < -0.3 is 21.3 Å². The normalized spacial score (nSPS) is 12.1. The van der Waals surface area contributed by atoms with Crippen LogP contribution < -0.4 is 21.3 Å². The molecule has 0 saturated heterocycles. The van der Waals surface area contributed by atoms with Gasteiger partial charge >= 0.3 is 0 Å². The molecule has 1 aliphatic rings. The molecule has 1 aromatic heterocycles. The molecule has 5 rings (SSSR count). The zero-order valence-corrected chi connectivity index (χ0v) is 20.2. The monoisotopic (exact) mass is 498 g/mol. The summed E-state index contributed by atoms with van der Waals surface area (Å²) in [5.41, 5.74) is 5.61. The fourth-order valence-corrected chi connectivity index (χ4v) is 4.11. The first-order valence-electron chi connectivity index (χ1n) is 11.4. The molecule has 180 valence electrons. The molecule has 8 nitrogen and oxygen atoms in total. The number of rotatable bonds is 3. The van der Waals surface area contributed by atoms with Crippen molar-refractivity contribution >= 4 is 57.9 Å². The van der Waals surface area contributed by atoms with E-state index in [1.807, 2.05) is 30.3 Å². The highest BCUT2D eigenvalue weighted by Crippen LogP contribution is 2.29. The first-order valence-corrected chi connectivity index (χ1v) is 11.8. The van der Waals surface area contributed by atoms with Gasteiger partial charge in [-0.1, -0.05) is 23.7 Å². The molecule has 4 N–H and O–H groups in total. The molecule has 2 heterocycles. The molecule has 0 spiro atoms. The SMILES string of the molecule is CC(=O)Nc1ccc(C(=O)Nc2ccc3cc2CCc2cccc(c2)Nc2ncc(Cl)c(n2)N3)cc1. The Balaban J connectivity index is 1.45. The average Bonchev–Trinajstić information content (AvgIpc) is 2.86. The molecule has 9 heteroatoms. The van der Waals surface area contributed by atoms with E-state index in [2.05, 4.69) is 43.4 Å². The van der Waals surface area contributed by atoms with Gasteiger partial charge in [0.15, 0.2) is 5.82 Å². The van der Waals surface area contributed by atoms with Crippen molar-refractivity contribution in [1.82, 2.24) is 9.97 Å². The number of anilines is 6. The van der Waals surface area contributed by atoms with E-state index in [9.17, 15) is 9.59 Å². The van der Waals surface area contributed by atoms with E-state index in [4.69, 9.17) is 11.6 Å². The number of amides is 2. The van der Waals surface area contributed by atoms with Gasteiger partial charge in [0.1, 0.15) is 5.02 Å². The Kier molecular flexibility index (Phi) is 6.51. The van der Waals surface area contributed by atoms with Gasteiger partial charge in [0, 0.05) is 35.2 Å². The van der Waals surface area contributed by atoms with Crippen LogP contribution in [0.3, 0.4) is 0 Å². The third-order valence-corrected chi connectivity index (χ3v) is 5.97. The van der Waals surface area contributed by atoms with Gasteiger partial charge in [0.05, 0.1) is 6.20 Å². The summed E-state index contributed by atoms with van der Waals surface area (Å²) in [5.74, 6) is 0.513. The standard InChI is InChI=1S/C27H23ClN6O2/c1-16(35)30-20-9-7-18(8-10-20)26(36)33-24-12-11-22-14-19(24)6-5-17-3-2-4-21(13-17)32-27-29-15-23(28)25(31-22)34-27/h2-4,7-15H,5-6H2,1H3,(H,30,35)(H,33,36)(H2,29,31,32,34). The molecule has 0 aliphatic carbocycles. The van der Waals surface area contributed by atoms with E-state index in [0.717, 1.165) is 34.6 Å². The number of benzene rings is 3. The van der Waals surface area contributed by atoms with Crippen LogP contribution in [0, 0.1) is 0 Å². The number of hydrogen-bond donors (Lipinski definition) is 4. The van der Waals surface area contributed by atoms with Crippen LogP contribution >= 0.6 is 11.6 Å². The van der Waals surface area contributed by atoms with E-state index in [1.165, 1.54) is 6.92 Å². The van der Waals surface area contributed by atoms with E-state index in [-0.39, 0.29) is 11.8 Å². The van der Waals surface area contributed by atoms with E-state index in [0.29, 0.717) is 34.5 Å². The summed E-state index contributed by atoms with van der Waals surface area (Å²) in [6.45, 7) is 1.44. The Morgan fingerprint density at radius 1 is 0.917 bits per heavy atom. The number of nitrogens with one attached hydrogen (secondary N) is 4. The topological polar surface area (TPSA) is 108 Å². The lowest BCUT2D eigenvalue weighted by Gasteiger charge is -2.15. The van der Waals surface area contributed by atoms with Crippen molar-refractivity contribution in [3.05, 3.63) is 94.6 Å². The Hall–Kier alpha value is -4.43. The lowest BCUT2D eigenvalue weighted by atomic mass is 10.0. The van der Waals surface area contributed by atoms with Crippen molar-refractivity contribution < 1.29 is 9.59 Å². The Morgan fingerprint density at radius 3 is 2.53 bits per heavy atom. The smallest absolute Gasteiger partial charge is 0.255 e. The minimum atomic E-state index is -0.237. The van der Waals surface area contributed by atoms with Gasteiger partial charge in [0.25, 0.3) is 5.91 Å². The van der Waals surface area contributed by atoms with Crippen molar-refractivity contribution in [2.24, 2.45) is 0 Å². The molecule has 6 bridgehead atoms. The summed E-state index contributed by atoms with van der Waals surface area (Å²) in [6, 6.07) is 20.5. The average molecular weight is 499 g/mol. The van der Waals surface area contributed by atoms with Gasteiger partial charge in [-0.2, -0.15) is 4.98 Å². The second kappa shape index (κ2) is 10.1. The Bertz CT molecular complexity index is 1460. The molecule has 0 fully saturated rings. The zero-order valence-electron chi connectivity index (χ0n) is 19.4. The maximum absolute atomic E-state index is 13.0. The molecular formula is C27H23ClN6O2. The summed E-state index contributed by atoms with van der Waals surface area (Å²) < 4.78 is 0. The van der Waals surface area contributed by atoms with Crippen molar-refractivity contribution in [3.8, 4) is 0 Å². The summed E-state index contributed by atoms with van der Waals surface area (Å²) >= 11 is 6.34. The first kappa shape index (κ1) is 23.3. The zero-order chi connectivity index (χ0) is 25.1. The predicted molar refractivity (Wildman–Crippen MR) is 143 cm³/mol. The summed E-state index contributed by atoms with van der Waals surface area (Å²) in [4.78, 5) is 33.0. The molecule has 0 unspecified atom stereocenters. The Morgan fingerprint density at radius 2 is 1.72 bits per heavy atom. The highest BCUT2D eigenvalue weighted by atomic mass is 35.5. The summed E-state index contributed by atoms with van der Waals surface area (Å²) in [5, 5.41) is 12.6. The van der Waals surface area contributed by atoms with Crippen LogP contribution in [0.4, 0.5) is 34.5 Å². The predicted octanol–water partition coefficient (Wildman–Crippen LogP) is 5.93. The fraction of sp³-hybridized carbons (Fsp3) is 0.111. The van der Waals surface area contributed by atoms with Crippen LogP contribution in [0.1, 0.15) is 28.4 Å². The van der Waals surface area contributed by atoms with Crippen LogP contribution in [-0.2, 0) is 17.6 Å². The summed E-state index contributed by atoms with van der Waals surface area (Å²) in [6.07, 6.45) is 3.02. The number of aromatic nitrogens is 2. The van der Waals surface area contributed by atoms with Gasteiger partial charge in [-0.3, -0.25) is 9.59 Å². The number of carbonyl (C=O) groups is 2. The fourth-order valence-electron chi connectivity index (χ4n) is 3.97. The minimum Gasteiger partial charge on any atom is -0.339 e. The quantitative estimate of drug-likeness (QED) is 0.279. The molecule has 0 radical (unpaired) electrons. The number of carbonyl (C=O) groups excluding carboxylic acids is 2. The van der Waals surface area contributed by atoms with E-state index < -0.39 is 0 Å². The maximum atomic E-state index is 13.0. The molecule has 0 atom stereocenters. The van der Waals surface area contributed by atoms with Crippen LogP contribution in [-0.4, -0.2) is 21.8 Å². The number of halogens is 1. The first-order chi connectivity index (χ1) is 17.4. The van der Waals surface area contributed by atoms with Crippen molar-refractivity contribution in [2.75, 3.05) is 21.3 Å². The Labute approximate surface area is 213 Å². The molecule has 3 aromatic carbocycles. The third-order valence-electron chi connectivity index (χ3n) is 5.69. The van der Waals surface area contributed by atoms with Crippen LogP contribution in [0.5, 0.6) is 0 Å². The third kappa shape index (κ3) is 5.45. The lowest BCUT2D eigenvalue weighted by molar-refractivity contribution is -0.114. The molecular weight excluding hydrogens is 476 g/mol. The second-order valence-electron chi connectivity index (χ2n) is 8.43. The van der Waals surface area contributed by atoms with Crippen molar-refractivity contribution in [2.45, 2.75) is 19.8 Å². The maximum Gasteiger partial charge on any atom is 0.255 e. The molecule has 1 aliphatic heterocycles. The number of hydrogen-bond acceptors (Lipinski definition) is 6. The van der Waals surface area contributed by atoms with Crippen LogP contribution in [0.15, 0.2) is 72.9 Å². The minimum absolute atomic E-state index is 0.165. The largest absolute Gasteiger partial charge is 0.339 e. The highest BCUT2D eigenvalue weighted by Gasteiger charge is 2.14. The molecule has 2 amide bonds. The van der Waals surface area contributed by atoms with Crippen LogP contribution in [0.2, 0.25) is 5.02 Å². The molecule has 0 saturated carbocycles. The molecule has 4 aromatic rings. The number of fused-ring (bicyclic) bond motifs is 6. The van der Waals surface area contributed by atoms with Gasteiger partial charge in [-0.25, -0.2) is 4.98 Å². The lowest BCUT2D eigenvalue weighted by Crippen LogP contribution is -2.14. The van der Waals surface area contributed by atoms with Crippen molar-refractivity contribution in [1.29, 1.82) is 0 Å². The molecule has 36 heavy (non-hydrogen) atoms. The second-order valence-corrected chi connectivity index (χ2v) is 8.83. The van der Waals surface area contributed by atoms with Crippen molar-refractivity contribution in [3.63, 3.8) is 0 Å². The van der Waals surface area contributed by atoms with Gasteiger partial charge in [0.2, 0.25) is 11.9 Å². The summed E-state index contributed by atoms with van der Waals surface area (Å²) in [7, 11) is 0. The van der Waals surface area contributed by atoms with E-state index >= 15 is 0 Å². The highest BCUT2D eigenvalue weighted by molar-refractivity contribution is 6.32. The van der Waals surface area contributed by atoms with E-state index in [1.54, 1.807) is 30.5 Å². The number of nitrogens with zero attached hydrogens (tertiary/aromatic N) is 2. The van der Waals surface area contributed by atoms with Gasteiger partial charge in [-0.15, -0.1) is 0 Å². The number of aryl methyl sites for hydroxylation is 2. The van der Waals surface area contributed by atoms with Gasteiger partial charge in [-0.05, 0) is 78.6 Å².